The number of nitrogens with one attached hydrogen (secondary N) is 2. The Morgan fingerprint density at radius 1 is 1.07 bits per heavy atom. The van der Waals surface area contributed by atoms with Crippen LogP contribution in [0.5, 0.6) is 0 Å². The van der Waals surface area contributed by atoms with E-state index in [1.54, 1.807) is 0 Å². The van der Waals surface area contributed by atoms with Crippen molar-refractivity contribution in [3.05, 3.63) is 66.1 Å². The largest absolute Gasteiger partial charge is 0.361 e. The highest BCUT2D eigenvalue weighted by molar-refractivity contribution is 5.83. The fourth-order valence-electron chi connectivity index (χ4n) is 3.58. The predicted octanol–water partition coefficient (Wildman–Crippen LogP) is 2.63. The van der Waals surface area contributed by atoms with E-state index in [0.29, 0.717) is 6.54 Å². The van der Waals surface area contributed by atoms with E-state index in [1.807, 2.05) is 47.6 Å². The number of amides is 2. The second kappa shape index (κ2) is 8.22. The molecule has 2 aromatic heterocycles. The number of nitrogens with zero attached hydrogens (tertiary/aromatic N) is 3. The average Bonchev–Trinajstić information content (AvgIpc) is 3.12. The average molecular weight is 363 g/mol. The van der Waals surface area contributed by atoms with Crippen molar-refractivity contribution in [2.45, 2.75) is 13.0 Å². The number of fused-ring (bicyclic) bond motifs is 1. The normalized spacial score (nSPS) is 15.2. The molecule has 0 aliphatic carbocycles. The van der Waals surface area contributed by atoms with Crippen LogP contribution in [0.15, 0.2) is 54.9 Å². The Morgan fingerprint density at radius 3 is 2.70 bits per heavy atom. The van der Waals surface area contributed by atoms with E-state index in [2.05, 4.69) is 32.3 Å². The summed E-state index contributed by atoms with van der Waals surface area (Å²) in [7, 11) is 0. The number of hydrogen-bond donors (Lipinski definition) is 2. The molecule has 2 amide bonds. The van der Waals surface area contributed by atoms with E-state index in [-0.39, 0.29) is 6.03 Å². The van der Waals surface area contributed by atoms with Gasteiger partial charge in [0.05, 0.1) is 5.69 Å². The Labute approximate surface area is 159 Å². The topological polar surface area (TPSA) is 64.3 Å². The number of urea groups is 1. The Kier molecular flexibility index (Phi) is 5.34. The van der Waals surface area contributed by atoms with E-state index in [9.17, 15) is 4.79 Å². The highest BCUT2D eigenvalue weighted by Crippen LogP contribution is 2.17. The van der Waals surface area contributed by atoms with Crippen LogP contribution in [-0.4, -0.2) is 58.5 Å². The molecule has 0 bridgehead atoms. The second-order valence-corrected chi connectivity index (χ2v) is 6.93. The van der Waals surface area contributed by atoms with Gasteiger partial charge in [0, 0.05) is 62.6 Å². The molecular weight excluding hydrogens is 338 g/mol. The third-order valence-corrected chi connectivity index (χ3v) is 5.12. The Morgan fingerprint density at radius 2 is 1.89 bits per heavy atom. The molecule has 1 aliphatic rings. The number of rotatable bonds is 5. The molecule has 0 atom stereocenters. The molecule has 1 aromatic carbocycles. The number of hydrogen-bond acceptors (Lipinski definition) is 3. The number of benzene rings is 1. The third kappa shape index (κ3) is 4.28. The van der Waals surface area contributed by atoms with Crippen molar-refractivity contribution in [3.63, 3.8) is 0 Å². The molecule has 0 unspecified atom stereocenters. The van der Waals surface area contributed by atoms with E-state index in [0.717, 1.165) is 50.4 Å². The molecule has 6 nitrogen and oxygen atoms in total. The quantitative estimate of drug-likeness (QED) is 0.732. The molecule has 140 valence electrons. The second-order valence-electron chi connectivity index (χ2n) is 6.93. The lowest BCUT2D eigenvalue weighted by Crippen LogP contribution is -2.51. The van der Waals surface area contributed by atoms with Gasteiger partial charge >= 0.3 is 6.03 Å². The van der Waals surface area contributed by atoms with Crippen LogP contribution in [0.25, 0.3) is 10.9 Å². The van der Waals surface area contributed by atoms with Crippen LogP contribution in [0.2, 0.25) is 0 Å². The number of piperazine rings is 1. The first-order chi connectivity index (χ1) is 13.3. The number of para-hydroxylation sites is 1. The predicted molar refractivity (Wildman–Crippen MR) is 106 cm³/mol. The van der Waals surface area contributed by atoms with E-state index < -0.39 is 0 Å². The van der Waals surface area contributed by atoms with Crippen LogP contribution in [0.1, 0.15) is 11.3 Å². The number of carbonyl (C=O) groups is 1. The summed E-state index contributed by atoms with van der Waals surface area (Å²) in [6.45, 7) is 4.77. The van der Waals surface area contributed by atoms with E-state index >= 15 is 0 Å². The minimum atomic E-state index is 0.0346. The minimum Gasteiger partial charge on any atom is -0.361 e. The maximum absolute atomic E-state index is 12.4. The summed E-state index contributed by atoms with van der Waals surface area (Å²) in [4.78, 5) is 24.3. The van der Waals surface area contributed by atoms with Gasteiger partial charge in [0.25, 0.3) is 0 Å². The van der Waals surface area contributed by atoms with Gasteiger partial charge < -0.3 is 15.2 Å². The van der Waals surface area contributed by atoms with Crippen molar-refractivity contribution in [2.24, 2.45) is 0 Å². The van der Waals surface area contributed by atoms with Crippen molar-refractivity contribution in [3.8, 4) is 0 Å². The van der Waals surface area contributed by atoms with E-state index in [4.69, 9.17) is 0 Å². The summed E-state index contributed by atoms with van der Waals surface area (Å²) >= 11 is 0. The van der Waals surface area contributed by atoms with Gasteiger partial charge in [0.15, 0.2) is 0 Å². The van der Waals surface area contributed by atoms with Gasteiger partial charge in [0.2, 0.25) is 0 Å². The van der Waals surface area contributed by atoms with Crippen LogP contribution in [0, 0.1) is 0 Å². The fourth-order valence-corrected chi connectivity index (χ4v) is 3.58. The molecule has 1 fully saturated rings. The van der Waals surface area contributed by atoms with Crippen molar-refractivity contribution >= 4 is 16.9 Å². The standard InChI is InChI=1S/C21H25N5O/c27-21(23-10-8-17-15-24-20-7-2-1-6-19(17)20)26-13-11-25(12-14-26)16-18-5-3-4-9-22-18/h1-7,9,15,24H,8,10-14,16H2,(H,23,27). The highest BCUT2D eigenvalue weighted by atomic mass is 16.2. The summed E-state index contributed by atoms with van der Waals surface area (Å²) < 4.78 is 0. The van der Waals surface area contributed by atoms with Crippen molar-refractivity contribution in [2.75, 3.05) is 32.7 Å². The Balaban J connectivity index is 1.21. The maximum atomic E-state index is 12.4. The van der Waals surface area contributed by atoms with Crippen LogP contribution < -0.4 is 5.32 Å². The van der Waals surface area contributed by atoms with Gasteiger partial charge in [-0.3, -0.25) is 9.88 Å². The molecule has 1 aliphatic heterocycles. The molecule has 6 heteroatoms. The smallest absolute Gasteiger partial charge is 0.317 e. The first-order valence-electron chi connectivity index (χ1n) is 9.49. The van der Waals surface area contributed by atoms with Gasteiger partial charge in [-0.1, -0.05) is 24.3 Å². The summed E-state index contributed by atoms with van der Waals surface area (Å²) in [5, 5.41) is 4.29. The van der Waals surface area contributed by atoms with Gasteiger partial charge in [-0.05, 0) is 30.2 Å². The zero-order valence-electron chi connectivity index (χ0n) is 15.4. The fraction of sp³-hybridized carbons (Fsp3) is 0.333. The van der Waals surface area contributed by atoms with Crippen LogP contribution in [-0.2, 0) is 13.0 Å². The minimum absolute atomic E-state index is 0.0346. The molecular formula is C21H25N5O. The monoisotopic (exact) mass is 363 g/mol. The van der Waals surface area contributed by atoms with Gasteiger partial charge in [-0.2, -0.15) is 0 Å². The summed E-state index contributed by atoms with van der Waals surface area (Å²) in [6, 6.07) is 14.3. The summed E-state index contributed by atoms with van der Waals surface area (Å²) in [6.07, 6.45) is 4.69. The third-order valence-electron chi connectivity index (χ3n) is 5.12. The van der Waals surface area contributed by atoms with Crippen molar-refractivity contribution in [1.29, 1.82) is 0 Å². The number of aromatic nitrogens is 2. The van der Waals surface area contributed by atoms with E-state index in [1.165, 1.54) is 10.9 Å². The molecule has 3 heterocycles. The summed E-state index contributed by atoms with van der Waals surface area (Å²) in [5.74, 6) is 0. The van der Waals surface area contributed by atoms with Gasteiger partial charge in [0.1, 0.15) is 0 Å². The molecule has 27 heavy (non-hydrogen) atoms. The zero-order valence-corrected chi connectivity index (χ0v) is 15.4. The maximum Gasteiger partial charge on any atom is 0.317 e. The lowest BCUT2D eigenvalue weighted by atomic mass is 10.1. The zero-order chi connectivity index (χ0) is 18.5. The van der Waals surface area contributed by atoms with Crippen molar-refractivity contribution < 1.29 is 4.79 Å². The lowest BCUT2D eigenvalue weighted by molar-refractivity contribution is 0.134. The molecule has 3 aromatic rings. The van der Waals surface area contributed by atoms with Crippen LogP contribution >= 0.6 is 0 Å². The SMILES string of the molecule is O=C(NCCc1c[nH]c2ccccc12)N1CCN(Cc2ccccn2)CC1. The number of aromatic amines is 1. The lowest BCUT2D eigenvalue weighted by Gasteiger charge is -2.34. The molecule has 2 N–H and O–H groups in total. The molecule has 0 spiro atoms. The number of carbonyl (C=O) groups excluding carboxylic acids is 1. The molecule has 4 rings (SSSR count). The Hall–Kier alpha value is -2.86. The summed E-state index contributed by atoms with van der Waals surface area (Å²) in [5.41, 5.74) is 3.46. The first kappa shape index (κ1) is 17.5. The number of pyridine rings is 1. The first-order valence-corrected chi connectivity index (χ1v) is 9.49. The molecule has 0 saturated carbocycles. The van der Waals surface area contributed by atoms with Gasteiger partial charge in [-0.25, -0.2) is 4.79 Å². The van der Waals surface area contributed by atoms with Gasteiger partial charge in [-0.15, -0.1) is 0 Å². The van der Waals surface area contributed by atoms with Crippen molar-refractivity contribution in [1.82, 2.24) is 25.1 Å². The highest BCUT2D eigenvalue weighted by Gasteiger charge is 2.21. The molecule has 0 radical (unpaired) electrons. The molecule has 1 saturated heterocycles. The Bertz CT molecular complexity index is 884. The van der Waals surface area contributed by atoms with Crippen LogP contribution in [0.3, 0.4) is 0 Å². The number of H-pyrrole nitrogens is 1. The van der Waals surface area contributed by atoms with Crippen LogP contribution in [0.4, 0.5) is 4.79 Å².